The Labute approximate surface area is 164 Å². The Kier molecular flexibility index (Phi) is 7.74. The summed E-state index contributed by atoms with van der Waals surface area (Å²) in [4.78, 5) is 12.1. The molecule has 2 amide bonds. The molecule has 0 unspecified atom stereocenters. The molecule has 27 heavy (non-hydrogen) atoms. The van der Waals surface area contributed by atoms with Crippen LogP contribution in [0, 0.1) is 0 Å². The van der Waals surface area contributed by atoms with Gasteiger partial charge in [0.25, 0.3) is 0 Å². The van der Waals surface area contributed by atoms with Gasteiger partial charge in [0.1, 0.15) is 0 Å². The zero-order valence-corrected chi connectivity index (χ0v) is 17.6. The second kappa shape index (κ2) is 9.60. The third-order valence-electron chi connectivity index (χ3n) is 5.49. The number of unbranched alkanes of at least 4 members (excludes halogenated alkanes) is 5. The summed E-state index contributed by atoms with van der Waals surface area (Å²) >= 11 is 0. The van der Waals surface area contributed by atoms with Crippen LogP contribution in [-0.2, 0) is 9.31 Å². The topological polar surface area (TPSA) is 59.6 Å². The van der Waals surface area contributed by atoms with Crippen LogP contribution in [-0.4, -0.2) is 30.9 Å². The Morgan fingerprint density at radius 1 is 1.00 bits per heavy atom. The molecule has 1 fully saturated rings. The van der Waals surface area contributed by atoms with Crippen molar-refractivity contribution < 1.29 is 14.1 Å². The maximum atomic E-state index is 12.1. The van der Waals surface area contributed by atoms with Crippen molar-refractivity contribution in [3.63, 3.8) is 0 Å². The number of anilines is 1. The average molecular weight is 374 g/mol. The van der Waals surface area contributed by atoms with E-state index in [0.717, 1.165) is 24.0 Å². The van der Waals surface area contributed by atoms with Crippen molar-refractivity contribution in [1.82, 2.24) is 5.32 Å². The molecule has 2 N–H and O–H groups in total. The van der Waals surface area contributed by atoms with Crippen LogP contribution in [0.25, 0.3) is 0 Å². The fourth-order valence-corrected chi connectivity index (χ4v) is 3.02. The van der Waals surface area contributed by atoms with Crippen molar-refractivity contribution in [3.05, 3.63) is 24.3 Å². The zero-order valence-electron chi connectivity index (χ0n) is 17.6. The van der Waals surface area contributed by atoms with Gasteiger partial charge in [0.05, 0.1) is 11.2 Å². The van der Waals surface area contributed by atoms with Crippen LogP contribution >= 0.6 is 0 Å². The zero-order chi connectivity index (χ0) is 19.9. The van der Waals surface area contributed by atoms with Crippen molar-refractivity contribution in [2.45, 2.75) is 84.3 Å². The molecule has 0 radical (unpaired) electrons. The van der Waals surface area contributed by atoms with Gasteiger partial charge in [-0.25, -0.2) is 4.79 Å². The van der Waals surface area contributed by atoms with Gasteiger partial charge in [-0.05, 0) is 51.7 Å². The second-order valence-electron chi connectivity index (χ2n) is 8.36. The number of hydrogen-bond acceptors (Lipinski definition) is 3. The number of rotatable bonds is 9. The Morgan fingerprint density at radius 2 is 1.63 bits per heavy atom. The first-order chi connectivity index (χ1) is 12.7. The number of hydrogen-bond donors (Lipinski definition) is 2. The highest BCUT2D eigenvalue weighted by atomic mass is 16.7. The molecule has 1 aliphatic rings. The minimum absolute atomic E-state index is 0.172. The normalized spacial score (nSPS) is 17.7. The maximum absolute atomic E-state index is 12.1. The number of amides is 2. The van der Waals surface area contributed by atoms with Gasteiger partial charge in [-0.2, -0.15) is 0 Å². The van der Waals surface area contributed by atoms with Gasteiger partial charge in [0.2, 0.25) is 0 Å². The van der Waals surface area contributed by atoms with E-state index in [4.69, 9.17) is 9.31 Å². The highest BCUT2D eigenvalue weighted by Gasteiger charge is 2.51. The van der Waals surface area contributed by atoms with Crippen LogP contribution in [0.15, 0.2) is 24.3 Å². The number of urea groups is 1. The van der Waals surface area contributed by atoms with Crippen LogP contribution in [0.4, 0.5) is 10.5 Å². The van der Waals surface area contributed by atoms with Crippen LogP contribution < -0.4 is 16.1 Å². The molecule has 0 bridgehead atoms. The lowest BCUT2D eigenvalue weighted by Crippen LogP contribution is -2.41. The predicted octanol–water partition coefficient (Wildman–Crippen LogP) is 4.47. The van der Waals surface area contributed by atoms with Gasteiger partial charge in [-0.1, -0.05) is 51.2 Å². The quantitative estimate of drug-likeness (QED) is 0.495. The van der Waals surface area contributed by atoms with Crippen molar-refractivity contribution >= 4 is 24.3 Å². The molecule has 2 rings (SSSR count). The van der Waals surface area contributed by atoms with E-state index in [1.54, 1.807) is 0 Å². The highest BCUT2D eigenvalue weighted by molar-refractivity contribution is 6.62. The molecule has 0 spiro atoms. The lowest BCUT2D eigenvalue weighted by Gasteiger charge is -2.32. The lowest BCUT2D eigenvalue weighted by atomic mass is 9.79. The fourth-order valence-electron chi connectivity index (χ4n) is 3.02. The van der Waals surface area contributed by atoms with Crippen LogP contribution in [0.1, 0.15) is 73.1 Å². The van der Waals surface area contributed by atoms with E-state index in [1.165, 1.54) is 25.7 Å². The molecule has 6 heteroatoms. The first kappa shape index (κ1) is 21.8. The van der Waals surface area contributed by atoms with E-state index in [9.17, 15) is 4.79 Å². The molecule has 1 saturated heterocycles. The lowest BCUT2D eigenvalue weighted by molar-refractivity contribution is 0.00578. The number of benzene rings is 1. The Bertz CT molecular complexity index is 603. The summed E-state index contributed by atoms with van der Waals surface area (Å²) in [6.07, 6.45) is 7.27. The van der Waals surface area contributed by atoms with Crippen molar-refractivity contribution in [2.24, 2.45) is 0 Å². The Hall–Kier alpha value is -1.53. The molecular formula is C21H35BN2O3. The average Bonchev–Trinajstić information content (AvgIpc) is 2.82. The van der Waals surface area contributed by atoms with Gasteiger partial charge in [0.15, 0.2) is 0 Å². The second-order valence-corrected chi connectivity index (χ2v) is 8.36. The molecule has 0 aromatic heterocycles. The number of carbonyl (C=O) groups is 1. The Balaban J connectivity index is 1.79. The molecule has 1 aromatic rings. The molecule has 0 atom stereocenters. The van der Waals surface area contributed by atoms with Gasteiger partial charge < -0.3 is 19.9 Å². The summed E-state index contributed by atoms with van der Waals surface area (Å²) < 4.78 is 12.2. The third kappa shape index (κ3) is 6.25. The molecule has 150 valence electrons. The number of nitrogens with one attached hydrogen (secondary N) is 2. The monoisotopic (exact) mass is 374 g/mol. The van der Waals surface area contributed by atoms with Gasteiger partial charge in [0, 0.05) is 12.2 Å². The van der Waals surface area contributed by atoms with Crippen LogP contribution in [0.3, 0.4) is 0 Å². The highest BCUT2D eigenvalue weighted by Crippen LogP contribution is 2.36. The van der Waals surface area contributed by atoms with E-state index < -0.39 is 7.12 Å². The van der Waals surface area contributed by atoms with Crippen molar-refractivity contribution in [2.75, 3.05) is 11.9 Å². The van der Waals surface area contributed by atoms with E-state index in [1.807, 2.05) is 52.0 Å². The summed E-state index contributed by atoms with van der Waals surface area (Å²) in [5, 5.41) is 5.82. The van der Waals surface area contributed by atoms with Crippen molar-refractivity contribution in [3.8, 4) is 0 Å². The van der Waals surface area contributed by atoms with Gasteiger partial charge in [-0.15, -0.1) is 0 Å². The summed E-state index contributed by atoms with van der Waals surface area (Å²) in [6.45, 7) is 11.0. The van der Waals surface area contributed by atoms with E-state index in [2.05, 4.69) is 17.6 Å². The minimum Gasteiger partial charge on any atom is -0.399 e. The standard InChI is InChI=1S/C21H35BN2O3/c1-6-7-8-9-10-11-15-23-19(25)24-18-14-12-13-17(16-18)22-26-20(2,3)21(4,5)27-22/h12-14,16H,6-11,15H2,1-5H3,(H2,23,24,25). The van der Waals surface area contributed by atoms with Crippen LogP contribution in [0.5, 0.6) is 0 Å². The molecule has 1 heterocycles. The maximum Gasteiger partial charge on any atom is 0.494 e. The summed E-state index contributed by atoms with van der Waals surface area (Å²) in [7, 11) is -0.428. The van der Waals surface area contributed by atoms with Gasteiger partial charge in [-0.3, -0.25) is 0 Å². The number of carbonyl (C=O) groups excluding carboxylic acids is 1. The third-order valence-corrected chi connectivity index (χ3v) is 5.49. The van der Waals surface area contributed by atoms with E-state index >= 15 is 0 Å². The molecule has 0 saturated carbocycles. The predicted molar refractivity (Wildman–Crippen MR) is 113 cm³/mol. The molecule has 5 nitrogen and oxygen atoms in total. The minimum atomic E-state index is -0.428. The SMILES string of the molecule is CCCCCCCCNC(=O)Nc1cccc(B2OC(C)(C)C(C)(C)O2)c1. The van der Waals surface area contributed by atoms with E-state index in [0.29, 0.717) is 6.54 Å². The molecule has 1 aliphatic heterocycles. The van der Waals surface area contributed by atoms with Gasteiger partial charge >= 0.3 is 13.1 Å². The van der Waals surface area contributed by atoms with Crippen molar-refractivity contribution in [1.29, 1.82) is 0 Å². The fraction of sp³-hybridized carbons (Fsp3) is 0.667. The summed E-state index contributed by atoms with van der Waals surface area (Å²) in [5.74, 6) is 0. The smallest absolute Gasteiger partial charge is 0.399 e. The molecular weight excluding hydrogens is 339 g/mol. The first-order valence-corrected chi connectivity index (χ1v) is 10.3. The largest absolute Gasteiger partial charge is 0.494 e. The molecule has 0 aliphatic carbocycles. The molecule has 1 aromatic carbocycles. The Morgan fingerprint density at radius 3 is 2.30 bits per heavy atom. The van der Waals surface area contributed by atoms with E-state index in [-0.39, 0.29) is 17.2 Å². The first-order valence-electron chi connectivity index (χ1n) is 10.3. The summed E-state index contributed by atoms with van der Waals surface area (Å²) in [5.41, 5.74) is 0.885. The summed E-state index contributed by atoms with van der Waals surface area (Å²) in [6, 6.07) is 7.48. The van der Waals surface area contributed by atoms with Crippen LogP contribution in [0.2, 0.25) is 0 Å².